The summed E-state index contributed by atoms with van der Waals surface area (Å²) in [6, 6.07) is 10.2. The molecule has 0 spiro atoms. The van der Waals surface area contributed by atoms with Crippen LogP contribution < -0.4 is 5.32 Å². The smallest absolute Gasteiger partial charge is 0.153 e. The van der Waals surface area contributed by atoms with Crippen LogP contribution in [0.15, 0.2) is 47.6 Å². The number of hydrogen-bond donors (Lipinski definition) is 2. The van der Waals surface area contributed by atoms with Crippen LogP contribution in [0, 0.1) is 30.0 Å². The highest BCUT2D eigenvalue weighted by Gasteiger charge is 2.70. The number of benzene rings is 2. The van der Waals surface area contributed by atoms with Crippen LogP contribution in [0.25, 0.3) is 0 Å². The molecule has 164 valence electrons. The molecule has 3 unspecified atom stereocenters. The van der Waals surface area contributed by atoms with Gasteiger partial charge in [0.05, 0.1) is 6.20 Å². The van der Waals surface area contributed by atoms with E-state index in [1.807, 2.05) is 19.1 Å². The van der Waals surface area contributed by atoms with Crippen LogP contribution in [-0.2, 0) is 17.3 Å². The Balaban J connectivity index is 1.44. The number of carbonyl (C=O) groups excluding carboxylic acids is 1. The lowest BCUT2D eigenvalue weighted by atomic mass is 9.87. The number of anilines is 2. The SMILES string of the molecule is Cc1cc(Nc2ccc(F)cc2)c(C=N)cc1C12CN(Sc3cnn(C)n3)CC1C2C=O. The Morgan fingerprint density at radius 2 is 2.09 bits per heavy atom. The van der Waals surface area contributed by atoms with Crippen molar-refractivity contribution in [1.29, 1.82) is 5.41 Å². The molecule has 2 N–H and O–H groups in total. The second kappa shape index (κ2) is 7.83. The highest BCUT2D eigenvalue weighted by molar-refractivity contribution is 7.97. The Labute approximate surface area is 189 Å². The average molecular weight is 451 g/mol. The first kappa shape index (κ1) is 20.8. The fourth-order valence-electron chi connectivity index (χ4n) is 5.02. The minimum Gasteiger partial charge on any atom is -0.355 e. The first-order valence-electron chi connectivity index (χ1n) is 10.4. The Kier molecular flexibility index (Phi) is 5.10. The molecule has 0 amide bonds. The van der Waals surface area contributed by atoms with Crippen LogP contribution in [0.1, 0.15) is 16.7 Å². The van der Waals surface area contributed by atoms with Crippen molar-refractivity contribution in [3.05, 3.63) is 65.1 Å². The maximum absolute atomic E-state index is 13.2. The summed E-state index contributed by atoms with van der Waals surface area (Å²) < 4.78 is 15.5. The van der Waals surface area contributed by atoms with E-state index in [4.69, 9.17) is 5.41 Å². The van der Waals surface area contributed by atoms with Gasteiger partial charge in [0, 0.05) is 54.6 Å². The van der Waals surface area contributed by atoms with Gasteiger partial charge in [-0.2, -0.15) is 9.90 Å². The lowest BCUT2D eigenvalue weighted by Gasteiger charge is -2.23. The van der Waals surface area contributed by atoms with Crippen molar-refractivity contribution in [2.24, 2.45) is 18.9 Å². The van der Waals surface area contributed by atoms with E-state index in [0.29, 0.717) is 0 Å². The van der Waals surface area contributed by atoms with Gasteiger partial charge in [-0.3, -0.25) is 0 Å². The molecule has 32 heavy (non-hydrogen) atoms. The molecule has 7 nitrogen and oxygen atoms in total. The van der Waals surface area contributed by atoms with Gasteiger partial charge in [0.25, 0.3) is 0 Å². The first-order chi connectivity index (χ1) is 15.4. The van der Waals surface area contributed by atoms with E-state index in [0.717, 1.165) is 52.5 Å². The van der Waals surface area contributed by atoms with Crippen molar-refractivity contribution >= 4 is 35.8 Å². The molecule has 3 aromatic rings. The van der Waals surface area contributed by atoms with Crippen molar-refractivity contribution < 1.29 is 9.18 Å². The van der Waals surface area contributed by atoms with E-state index >= 15 is 0 Å². The molecule has 0 bridgehead atoms. The summed E-state index contributed by atoms with van der Waals surface area (Å²) in [7, 11) is 1.79. The Morgan fingerprint density at radius 1 is 1.31 bits per heavy atom. The molecule has 5 rings (SSSR count). The topological polar surface area (TPSA) is 86.9 Å². The normalized spacial score (nSPS) is 24.2. The number of halogens is 1. The molecule has 1 aromatic heterocycles. The molecule has 1 saturated carbocycles. The second-order valence-corrected chi connectivity index (χ2v) is 9.54. The van der Waals surface area contributed by atoms with Gasteiger partial charge in [-0.25, -0.2) is 8.70 Å². The highest BCUT2D eigenvalue weighted by atomic mass is 32.2. The number of aryl methyl sites for hydroxylation is 2. The number of rotatable bonds is 7. The monoisotopic (exact) mass is 450 g/mol. The van der Waals surface area contributed by atoms with Crippen molar-refractivity contribution in [2.45, 2.75) is 17.4 Å². The van der Waals surface area contributed by atoms with E-state index in [1.165, 1.54) is 23.1 Å². The zero-order chi connectivity index (χ0) is 22.5. The van der Waals surface area contributed by atoms with Gasteiger partial charge in [-0.1, -0.05) is 0 Å². The summed E-state index contributed by atoms with van der Waals surface area (Å²) in [5.74, 6) is -0.0648. The number of aldehydes is 1. The molecule has 1 aliphatic carbocycles. The molecule has 2 aromatic carbocycles. The summed E-state index contributed by atoms with van der Waals surface area (Å²) in [6.07, 6.45) is 4.15. The second-order valence-electron chi connectivity index (χ2n) is 8.43. The van der Waals surface area contributed by atoms with Crippen molar-refractivity contribution in [3.8, 4) is 0 Å². The number of aromatic nitrogens is 3. The molecular formula is C23H23FN6OS. The molecule has 2 heterocycles. The van der Waals surface area contributed by atoms with Gasteiger partial charge in [-0.15, -0.1) is 5.10 Å². The van der Waals surface area contributed by atoms with Gasteiger partial charge in [0.15, 0.2) is 5.03 Å². The zero-order valence-electron chi connectivity index (χ0n) is 17.7. The summed E-state index contributed by atoms with van der Waals surface area (Å²) >= 11 is 1.57. The number of piperidine rings is 1. The lowest BCUT2D eigenvalue weighted by Crippen LogP contribution is -2.25. The predicted octanol–water partition coefficient (Wildman–Crippen LogP) is 3.71. The third-order valence-corrected chi connectivity index (χ3v) is 7.45. The fourth-order valence-corrected chi connectivity index (χ4v) is 6.05. The molecule has 1 saturated heterocycles. The van der Waals surface area contributed by atoms with Gasteiger partial charge >= 0.3 is 0 Å². The van der Waals surface area contributed by atoms with Crippen molar-refractivity contribution in [3.63, 3.8) is 0 Å². The minimum absolute atomic E-state index is 0.0191. The van der Waals surface area contributed by atoms with Gasteiger partial charge in [0.1, 0.15) is 12.1 Å². The van der Waals surface area contributed by atoms with Crippen molar-refractivity contribution in [1.82, 2.24) is 19.3 Å². The maximum Gasteiger partial charge on any atom is 0.153 e. The standard InChI is InChI=1S/C23H23FN6OS/c1-14-7-21(27-17-5-3-16(24)4-6-17)15(9-25)8-18(14)23-13-30(11-19(23)20(23)12-31)32-22-10-26-29(2)28-22/h3-10,12,19-20,25,27H,11,13H2,1-2H3. The zero-order valence-corrected chi connectivity index (χ0v) is 18.6. The maximum atomic E-state index is 13.2. The van der Waals surface area contributed by atoms with E-state index < -0.39 is 0 Å². The molecule has 2 aliphatic rings. The lowest BCUT2D eigenvalue weighted by molar-refractivity contribution is -0.109. The largest absolute Gasteiger partial charge is 0.355 e. The van der Waals surface area contributed by atoms with Crippen LogP contribution in [0.3, 0.4) is 0 Å². The number of fused-ring (bicyclic) bond motifs is 1. The minimum atomic E-state index is -0.293. The highest BCUT2D eigenvalue weighted by Crippen LogP contribution is 2.65. The third-order valence-electron chi connectivity index (χ3n) is 6.54. The number of nitrogens with one attached hydrogen (secondary N) is 2. The number of hydrogen-bond acceptors (Lipinski definition) is 7. The number of nitrogens with zero attached hydrogens (tertiary/aromatic N) is 4. The van der Waals surface area contributed by atoms with Gasteiger partial charge in [0.2, 0.25) is 0 Å². The summed E-state index contributed by atoms with van der Waals surface area (Å²) in [6.45, 7) is 3.59. The summed E-state index contributed by atoms with van der Waals surface area (Å²) in [5.41, 5.74) is 4.22. The van der Waals surface area contributed by atoms with Crippen LogP contribution in [-0.4, -0.2) is 44.9 Å². The summed E-state index contributed by atoms with van der Waals surface area (Å²) in [4.78, 5) is 13.4. The Bertz CT molecular complexity index is 1200. The third kappa shape index (κ3) is 3.41. The first-order valence-corrected chi connectivity index (χ1v) is 11.1. The summed E-state index contributed by atoms with van der Waals surface area (Å²) in [5, 5.41) is 20.6. The molecule has 9 heteroatoms. The van der Waals surface area contributed by atoms with E-state index in [-0.39, 0.29) is 23.1 Å². The van der Waals surface area contributed by atoms with Gasteiger partial charge < -0.3 is 15.5 Å². The van der Waals surface area contributed by atoms with E-state index in [9.17, 15) is 9.18 Å². The van der Waals surface area contributed by atoms with Crippen molar-refractivity contribution in [2.75, 3.05) is 18.4 Å². The Morgan fingerprint density at radius 3 is 2.75 bits per heavy atom. The van der Waals surface area contributed by atoms with Crippen LogP contribution >= 0.6 is 11.9 Å². The molecule has 1 aliphatic heterocycles. The van der Waals surface area contributed by atoms with E-state index in [2.05, 4.69) is 19.8 Å². The molecule has 3 atom stereocenters. The number of carbonyl (C=O) groups is 1. The fraction of sp³-hybridized carbons (Fsp3) is 0.304. The molecule has 0 radical (unpaired) electrons. The molecule has 2 fully saturated rings. The van der Waals surface area contributed by atoms with Crippen LogP contribution in [0.5, 0.6) is 0 Å². The van der Waals surface area contributed by atoms with Gasteiger partial charge in [-0.05, 0) is 72.3 Å². The average Bonchev–Trinajstić information content (AvgIpc) is 3.02. The molecular weight excluding hydrogens is 427 g/mol. The van der Waals surface area contributed by atoms with E-state index in [1.54, 1.807) is 37.3 Å². The quantitative estimate of drug-likeness (QED) is 0.324. The van der Waals surface area contributed by atoms with Crippen LogP contribution in [0.2, 0.25) is 0 Å². The Hall–Kier alpha value is -3.04. The van der Waals surface area contributed by atoms with Crippen LogP contribution in [0.4, 0.5) is 15.8 Å². The predicted molar refractivity (Wildman–Crippen MR) is 122 cm³/mol.